The average molecular weight is 302 g/mol. The quantitative estimate of drug-likeness (QED) is 0.555. The predicted octanol–water partition coefficient (Wildman–Crippen LogP) is 6.55. The number of thioether (sulfide) groups is 3. The van der Waals surface area contributed by atoms with Crippen molar-refractivity contribution >= 4 is 46.1 Å². The van der Waals surface area contributed by atoms with Crippen LogP contribution in [0.25, 0.3) is 10.8 Å². The van der Waals surface area contributed by atoms with Gasteiger partial charge in [0.15, 0.2) is 0 Å². The molecule has 0 saturated carbocycles. The molecule has 0 fully saturated rings. The molecular formula is C16H14S3. The summed E-state index contributed by atoms with van der Waals surface area (Å²) < 4.78 is 0. The molecule has 19 heavy (non-hydrogen) atoms. The second-order valence-electron chi connectivity index (χ2n) is 3.61. The molecule has 0 aromatic heterocycles. The largest absolute Gasteiger partial charge is 0.0974 e. The summed E-state index contributed by atoms with van der Waals surface area (Å²) >= 11 is 4.95. The van der Waals surface area contributed by atoms with Crippen molar-refractivity contribution in [2.75, 3.05) is 0 Å². The Balaban J connectivity index is 2.77. The second kappa shape index (κ2) is 6.94. The van der Waals surface area contributed by atoms with Crippen LogP contribution >= 0.6 is 35.3 Å². The molecule has 96 valence electrons. The first-order chi connectivity index (χ1) is 9.31. The van der Waals surface area contributed by atoms with E-state index in [0.717, 1.165) is 0 Å². The molecule has 0 aliphatic heterocycles. The van der Waals surface area contributed by atoms with E-state index in [9.17, 15) is 0 Å². The Bertz CT molecular complexity index is 629. The lowest BCUT2D eigenvalue weighted by atomic mass is 10.1. The van der Waals surface area contributed by atoms with E-state index < -0.39 is 0 Å². The third-order valence-electron chi connectivity index (χ3n) is 2.53. The molecule has 0 aliphatic rings. The van der Waals surface area contributed by atoms with Crippen LogP contribution in [0.3, 0.4) is 0 Å². The van der Waals surface area contributed by atoms with E-state index in [1.54, 1.807) is 35.3 Å². The lowest BCUT2D eigenvalue weighted by Gasteiger charge is -2.13. The molecular weight excluding hydrogens is 288 g/mol. The molecule has 0 amide bonds. The van der Waals surface area contributed by atoms with Crippen LogP contribution in [-0.4, -0.2) is 0 Å². The van der Waals surface area contributed by atoms with E-state index in [4.69, 9.17) is 0 Å². The van der Waals surface area contributed by atoms with Gasteiger partial charge in [-0.25, -0.2) is 0 Å². The molecule has 2 aromatic carbocycles. The van der Waals surface area contributed by atoms with Crippen molar-refractivity contribution in [1.29, 1.82) is 0 Å². The molecule has 2 aromatic rings. The second-order valence-corrected chi connectivity index (χ2v) is 6.57. The van der Waals surface area contributed by atoms with Gasteiger partial charge in [-0.2, -0.15) is 0 Å². The Morgan fingerprint density at radius 2 is 1.42 bits per heavy atom. The lowest BCUT2D eigenvalue weighted by molar-refractivity contribution is 1.17. The minimum absolute atomic E-state index is 1.21. The van der Waals surface area contributed by atoms with E-state index >= 15 is 0 Å². The Morgan fingerprint density at radius 1 is 0.789 bits per heavy atom. The van der Waals surface area contributed by atoms with E-state index in [2.05, 4.69) is 50.1 Å². The monoisotopic (exact) mass is 302 g/mol. The number of fused-ring (bicyclic) bond motifs is 1. The fourth-order valence-corrected chi connectivity index (χ4v) is 4.32. The summed E-state index contributed by atoms with van der Waals surface area (Å²) in [6.07, 6.45) is 0. The standard InChI is InChI=1S/C16H14S3/c1-4-17-14-11-12-9-7-8-10-13(12)15(18-5-2)16(14)19-6-3/h4-11H,1-3H2. The molecule has 0 unspecified atom stereocenters. The first kappa shape index (κ1) is 14.4. The normalized spacial score (nSPS) is 10.3. The van der Waals surface area contributed by atoms with Crippen molar-refractivity contribution in [1.82, 2.24) is 0 Å². The highest BCUT2D eigenvalue weighted by Crippen LogP contribution is 2.44. The van der Waals surface area contributed by atoms with E-state index in [1.165, 1.54) is 25.5 Å². The molecule has 0 nitrogen and oxygen atoms in total. The van der Waals surface area contributed by atoms with Crippen LogP contribution < -0.4 is 0 Å². The summed E-state index contributed by atoms with van der Waals surface area (Å²) in [5.74, 6) is 0. The van der Waals surface area contributed by atoms with Crippen molar-refractivity contribution < 1.29 is 0 Å². The number of rotatable bonds is 6. The minimum Gasteiger partial charge on any atom is -0.0974 e. The van der Waals surface area contributed by atoms with Crippen LogP contribution in [-0.2, 0) is 0 Å². The minimum atomic E-state index is 1.21. The molecule has 0 heterocycles. The van der Waals surface area contributed by atoms with Crippen LogP contribution in [0.2, 0.25) is 0 Å². The highest BCUT2D eigenvalue weighted by atomic mass is 32.2. The van der Waals surface area contributed by atoms with E-state index in [-0.39, 0.29) is 0 Å². The molecule has 0 saturated heterocycles. The zero-order valence-electron chi connectivity index (χ0n) is 10.5. The Hall–Kier alpha value is -1.03. The zero-order chi connectivity index (χ0) is 13.7. The Kier molecular flexibility index (Phi) is 5.25. The van der Waals surface area contributed by atoms with Gasteiger partial charge in [0.1, 0.15) is 0 Å². The first-order valence-corrected chi connectivity index (χ1v) is 8.34. The van der Waals surface area contributed by atoms with Gasteiger partial charge in [0.2, 0.25) is 0 Å². The fourth-order valence-electron chi connectivity index (χ4n) is 1.84. The van der Waals surface area contributed by atoms with Gasteiger partial charge in [-0.05, 0) is 33.1 Å². The Labute approximate surface area is 127 Å². The molecule has 0 radical (unpaired) electrons. The lowest BCUT2D eigenvalue weighted by Crippen LogP contribution is -1.85. The smallest absolute Gasteiger partial charge is 0.0401 e. The third-order valence-corrected chi connectivity index (χ3v) is 5.19. The van der Waals surface area contributed by atoms with Crippen molar-refractivity contribution in [3.05, 3.63) is 66.3 Å². The number of benzene rings is 2. The average Bonchev–Trinajstić information content (AvgIpc) is 2.43. The fraction of sp³-hybridized carbons (Fsp3) is 0. The summed E-state index contributed by atoms with van der Waals surface area (Å²) in [5.41, 5.74) is 0. The van der Waals surface area contributed by atoms with Crippen molar-refractivity contribution in [2.24, 2.45) is 0 Å². The maximum absolute atomic E-state index is 3.84. The maximum atomic E-state index is 3.84. The van der Waals surface area contributed by atoms with Crippen LogP contribution in [0.15, 0.2) is 81.0 Å². The van der Waals surface area contributed by atoms with Crippen LogP contribution in [0.4, 0.5) is 0 Å². The van der Waals surface area contributed by atoms with Gasteiger partial charge in [-0.1, -0.05) is 79.3 Å². The van der Waals surface area contributed by atoms with Crippen molar-refractivity contribution in [3.8, 4) is 0 Å². The number of hydrogen-bond donors (Lipinski definition) is 0. The molecule has 0 spiro atoms. The van der Waals surface area contributed by atoms with Gasteiger partial charge >= 0.3 is 0 Å². The van der Waals surface area contributed by atoms with Gasteiger partial charge < -0.3 is 0 Å². The van der Waals surface area contributed by atoms with Gasteiger partial charge in [-0.15, -0.1) is 0 Å². The van der Waals surface area contributed by atoms with Gasteiger partial charge in [0.05, 0.1) is 0 Å². The summed E-state index contributed by atoms with van der Waals surface area (Å²) in [6.45, 7) is 11.5. The molecule has 0 N–H and O–H groups in total. The van der Waals surface area contributed by atoms with Gasteiger partial charge in [0, 0.05) is 14.7 Å². The Morgan fingerprint density at radius 3 is 2.11 bits per heavy atom. The SMILES string of the molecule is C=CSc1cc2ccccc2c(SC=C)c1SC=C. The van der Waals surface area contributed by atoms with Crippen LogP contribution in [0.1, 0.15) is 0 Å². The molecule has 0 atom stereocenters. The first-order valence-electron chi connectivity index (χ1n) is 5.70. The van der Waals surface area contributed by atoms with E-state index in [1.807, 2.05) is 16.2 Å². The van der Waals surface area contributed by atoms with Gasteiger partial charge in [-0.3, -0.25) is 0 Å². The van der Waals surface area contributed by atoms with Crippen LogP contribution in [0, 0.1) is 0 Å². The third kappa shape index (κ3) is 3.11. The summed E-state index contributed by atoms with van der Waals surface area (Å²) in [4.78, 5) is 3.67. The predicted molar refractivity (Wildman–Crippen MR) is 92.1 cm³/mol. The van der Waals surface area contributed by atoms with Crippen molar-refractivity contribution in [3.63, 3.8) is 0 Å². The maximum Gasteiger partial charge on any atom is 0.0401 e. The number of hydrogen-bond acceptors (Lipinski definition) is 3. The van der Waals surface area contributed by atoms with Crippen molar-refractivity contribution in [2.45, 2.75) is 14.7 Å². The van der Waals surface area contributed by atoms with Crippen LogP contribution in [0.5, 0.6) is 0 Å². The molecule has 2 rings (SSSR count). The highest BCUT2D eigenvalue weighted by Gasteiger charge is 2.12. The molecule has 3 heteroatoms. The zero-order valence-corrected chi connectivity index (χ0v) is 12.9. The van der Waals surface area contributed by atoms with Gasteiger partial charge in [0.25, 0.3) is 0 Å². The summed E-state index contributed by atoms with van der Waals surface area (Å²) in [5, 5.41) is 8.09. The summed E-state index contributed by atoms with van der Waals surface area (Å²) in [7, 11) is 0. The van der Waals surface area contributed by atoms with E-state index in [0.29, 0.717) is 0 Å². The highest BCUT2D eigenvalue weighted by molar-refractivity contribution is 8.06. The molecule has 0 aliphatic carbocycles. The molecule has 0 bridgehead atoms. The summed E-state index contributed by atoms with van der Waals surface area (Å²) in [6, 6.07) is 10.6. The topological polar surface area (TPSA) is 0 Å².